The van der Waals surface area contributed by atoms with Crippen LogP contribution in [0.15, 0.2) is 48.8 Å². The van der Waals surface area contributed by atoms with Crippen LogP contribution in [0.3, 0.4) is 0 Å². The molecule has 0 unspecified atom stereocenters. The number of piperidine rings is 1. The minimum Gasteiger partial charge on any atom is -0.342 e. The average Bonchev–Trinajstić information content (AvgIpc) is 3.09. The Morgan fingerprint density at radius 3 is 2.74 bits per heavy atom. The summed E-state index contributed by atoms with van der Waals surface area (Å²) >= 11 is 0. The molecule has 2 aromatic rings. The van der Waals surface area contributed by atoms with Gasteiger partial charge in [-0.25, -0.2) is 4.39 Å². The summed E-state index contributed by atoms with van der Waals surface area (Å²) in [6.45, 7) is 2.65. The lowest BCUT2D eigenvalue weighted by molar-refractivity contribution is -0.144. The standard InChI is InChI=1S/C26H28FN3O4/c1-2-22(31)19-7-5-11-29(17-19)23(32)13-26(20-8-3-9-21(27)12-20)14-24(33)30(25(26)34)16-18-6-4-10-28-15-18/h3-4,6,8-10,12,15,19H,2,5,7,11,13-14,16-17H2,1H3/t19-,26-/m1/s1. The monoisotopic (exact) mass is 465 g/mol. The number of benzene rings is 1. The summed E-state index contributed by atoms with van der Waals surface area (Å²) in [5.41, 5.74) is -0.492. The zero-order valence-corrected chi connectivity index (χ0v) is 19.2. The predicted octanol–water partition coefficient (Wildman–Crippen LogP) is 3.03. The van der Waals surface area contributed by atoms with E-state index in [9.17, 15) is 23.6 Å². The summed E-state index contributed by atoms with van der Waals surface area (Å²) in [5, 5.41) is 0. The molecule has 0 bridgehead atoms. The van der Waals surface area contributed by atoms with Gasteiger partial charge in [-0.05, 0) is 42.2 Å². The van der Waals surface area contributed by atoms with Crippen LogP contribution in [0.5, 0.6) is 0 Å². The second-order valence-corrected chi connectivity index (χ2v) is 9.09. The molecule has 2 fully saturated rings. The molecule has 34 heavy (non-hydrogen) atoms. The fraction of sp³-hybridized carbons (Fsp3) is 0.423. The van der Waals surface area contributed by atoms with Gasteiger partial charge in [-0.2, -0.15) is 0 Å². The number of rotatable bonds is 7. The third kappa shape index (κ3) is 4.62. The summed E-state index contributed by atoms with van der Waals surface area (Å²) in [4.78, 5) is 59.2. The lowest BCUT2D eigenvalue weighted by Gasteiger charge is -2.35. The SMILES string of the molecule is CCC(=O)[C@@H]1CCCN(C(=O)C[C@]2(c3cccc(F)c3)CC(=O)N(Cc3cccnc3)C2=O)C1. The molecule has 0 radical (unpaired) electrons. The molecule has 7 nitrogen and oxygen atoms in total. The number of halogens is 1. The van der Waals surface area contributed by atoms with Crippen LogP contribution in [0.1, 0.15) is 50.2 Å². The van der Waals surface area contributed by atoms with Gasteiger partial charge in [0.15, 0.2) is 0 Å². The highest BCUT2D eigenvalue weighted by molar-refractivity contribution is 6.10. The fourth-order valence-electron chi connectivity index (χ4n) is 5.01. The number of imide groups is 1. The summed E-state index contributed by atoms with van der Waals surface area (Å²) < 4.78 is 14.2. The minimum atomic E-state index is -1.49. The maximum absolute atomic E-state index is 14.2. The molecular formula is C26H28FN3O4. The van der Waals surface area contributed by atoms with E-state index < -0.39 is 23.0 Å². The minimum absolute atomic E-state index is 0.0353. The van der Waals surface area contributed by atoms with E-state index in [2.05, 4.69) is 4.98 Å². The second-order valence-electron chi connectivity index (χ2n) is 9.09. The maximum atomic E-state index is 14.2. The lowest BCUT2D eigenvalue weighted by Crippen LogP contribution is -2.47. The van der Waals surface area contributed by atoms with E-state index in [0.29, 0.717) is 37.1 Å². The third-order valence-electron chi connectivity index (χ3n) is 6.88. The largest absolute Gasteiger partial charge is 0.342 e. The Hall–Kier alpha value is -3.42. The summed E-state index contributed by atoms with van der Waals surface area (Å²) in [6.07, 6.45) is 4.56. The number of hydrogen-bond acceptors (Lipinski definition) is 5. The van der Waals surface area contributed by atoms with E-state index in [4.69, 9.17) is 0 Å². The van der Waals surface area contributed by atoms with Crippen molar-refractivity contribution in [3.63, 3.8) is 0 Å². The first-order valence-corrected chi connectivity index (χ1v) is 11.6. The van der Waals surface area contributed by atoms with E-state index in [0.717, 1.165) is 11.3 Å². The molecule has 3 amide bonds. The number of carbonyl (C=O) groups excluding carboxylic acids is 4. The Morgan fingerprint density at radius 1 is 1.21 bits per heavy atom. The van der Waals surface area contributed by atoms with Gasteiger partial charge in [-0.15, -0.1) is 0 Å². The first-order valence-electron chi connectivity index (χ1n) is 11.6. The molecule has 8 heteroatoms. The van der Waals surface area contributed by atoms with Crippen molar-refractivity contribution in [1.82, 2.24) is 14.8 Å². The van der Waals surface area contributed by atoms with Gasteiger partial charge in [0.2, 0.25) is 17.7 Å². The number of Topliss-reactive ketones (excluding diaryl/α,β-unsaturated/α-hetero) is 1. The molecule has 2 aliphatic heterocycles. The lowest BCUT2D eigenvalue weighted by atomic mass is 9.75. The Bertz CT molecular complexity index is 1110. The Kier molecular flexibility index (Phi) is 6.86. The van der Waals surface area contributed by atoms with Crippen LogP contribution < -0.4 is 0 Å². The summed E-state index contributed by atoms with van der Waals surface area (Å²) in [5.74, 6) is -1.87. The summed E-state index contributed by atoms with van der Waals surface area (Å²) in [7, 11) is 0. The quantitative estimate of drug-likeness (QED) is 0.587. The first kappa shape index (κ1) is 23.7. The van der Waals surface area contributed by atoms with Crippen LogP contribution in [-0.4, -0.2) is 51.4 Å². The van der Waals surface area contributed by atoms with Crippen molar-refractivity contribution < 1.29 is 23.6 Å². The van der Waals surface area contributed by atoms with Crippen molar-refractivity contribution in [2.45, 2.75) is 51.0 Å². The smallest absolute Gasteiger partial charge is 0.241 e. The second kappa shape index (κ2) is 9.83. The van der Waals surface area contributed by atoms with Crippen LogP contribution >= 0.6 is 0 Å². The number of aromatic nitrogens is 1. The van der Waals surface area contributed by atoms with Gasteiger partial charge in [-0.1, -0.05) is 25.1 Å². The van der Waals surface area contributed by atoms with Crippen LogP contribution in [-0.2, 0) is 31.1 Å². The molecule has 2 atom stereocenters. The van der Waals surface area contributed by atoms with Crippen LogP contribution in [0.4, 0.5) is 4.39 Å². The van der Waals surface area contributed by atoms with Crippen LogP contribution in [0.25, 0.3) is 0 Å². The highest BCUT2D eigenvalue weighted by Gasteiger charge is 2.54. The third-order valence-corrected chi connectivity index (χ3v) is 6.88. The van der Waals surface area contributed by atoms with Gasteiger partial charge in [-0.3, -0.25) is 29.1 Å². The Balaban J connectivity index is 1.64. The fourth-order valence-corrected chi connectivity index (χ4v) is 5.01. The molecule has 0 saturated carbocycles. The van der Waals surface area contributed by atoms with E-state index in [1.54, 1.807) is 35.5 Å². The van der Waals surface area contributed by atoms with Crippen molar-refractivity contribution in [2.24, 2.45) is 5.92 Å². The predicted molar refractivity (Wildman–Crippen MR) is 122 cm³/mol. The Labute approximate surface area is 198 Å². The van der Waals surface area contributed by atoms with E-state index in [1.807, 2.05) is 6.92 Å². The van der Waals surface area contributed by atoms with E-state index in [-0.39, 0.29) is 37.0 Å². The molecular weight excluding hydrogens is 437 g/mol. The highest BCUT2D eigenvalue weighted by atomic mass is 19.1. The van der Waals surface area contributed by atoms with Gasteiger partial charge < -0.3 is 4.90 Å². The van der Waals surface area contributed by atoms with E-state index >= 15 is 0 Å². The molecule has 3 heterocycles. The van der Waals surface area contributed by atoms with Crippen molar-refractivity contribution in [2.75, 3.05) is 13.1 Å². The van der Waals surface area contributed by atoms with Gasteiger partial charge >= 0.3 is 0 Å². The van der Waals surface area contributed by atoms with Gasteiger partial charge in [0.05, 0.1) is 12.0 Å². The number of ketones is 1. The zero-order chi connectivity index (χ0) is 24.3. The normalized spacial score (nSPS) is 22.8. The number of amides is 3. The first-order chi connectivity index (χ1) is 16.3. The molecule has 0 N–H and O–H groups in total. The molecule has 1 aromatic carbocycles. The molecule has 2 saturated heterocycles. The molecule has 0 aliphatic carbocycles. The molecule has 178 valence electrons. The number of pyridine rings is 1. The number of hydrogen-bond donors (Lipinski definition) is 0. The van der Waals surface area contributed by atoms with Crippen molar-refractivity contribution in [3.8, 4) is 0 Å². The van der Waals surface area contributed by atoms with Crippen LogP contribution in [0, 0.1) is 11.7 Å². The number of nitrogens with zero attached hydrogens (tertiary/aromatic N) is 3. The van der Waals surface area contributed by atoms with Crippen molar-refractivity contribution in [3.05, 3.63) is 65.7 Å². The average molecular weight is 466 g/mol. The molecule has 0 spiro atoms. The van der Waals surface area contributed by atoms with Crippen molar-refractivity contribution in [1.29, 1.82) is 0 Å². The topological polar surface area (TPSA) is 87.7 Å². The molecule has 4 rings (SSSR count). The van der Waals surface area contributed by atoms with Crippen LogP contribution in [0.2, 0.25) is 0 Å². The number of carbonyl (C=O) groups is 4. The highest BCUT2D eigenvalue weighted by Crippen LogP contribution is 2.41. The molecule has 1 aromatic heterocycles. The number of likely N-dealkylation sites (tertiary alicyclic amines) is 2. The Morgan fingerprint density at radius 2 is 2.03 bits per heavy atom. The van der Waals surface area contributed by atoms with Gasteiger partial charge in [0.25, 0.3) is 0 Å². The van der Waals surface area contributed by atoms with E-state index in [1.165, 1.54) is 18.2 Å². The summed E-state index contributed by atoms with van der Waals surface area (Å²) in [6, 6.07) is 9.04. The van der Waals surface area contributed by atoms with Crippen molar-refractivity contribution >= 4 is 23.5 Å². The zero-order valence-electron chi connectivity index (χ0n) is 19.2. The van der Waals surface area contributed by atoms with Gasteiger partial charge in [0.1, 0.15) is 11.6 Å². The maximum Gasteiger partial charge on any atom is 0.241 e. The molecule has 2 aliphatic rings. The van der Waals surface area contributed by atoms with Gasteiger partial charge in [0, 0.05) is 50.7 Å².